The summed E-state index contributed by atoms with van der Waals surface area (Å²) < 4.78 is 65.6. The molecule has 1 aliphatic rings. The van der Waals surface area contributed by atoms with E-state index in [4.69, 9.17) is 0 Å². The molecule has 0 aliphatic heterocycles. The van der Waals surface area contributed by atoms with Crippen LogP contribution in [0.5, 0.6) is 0 Å². The number of aromatic nitrogens is 4. The lowest BCUT2D eigenvalue weighted by molar-refractivity contribution is -0.141. The van der Waals surface area contributed by atoms with E-state index in [1.807, 2.05) is 0 Å². The van der Waals surface area contributed by atoms with Crippen LogP contribution in [0.1, 0.15) is 37.1 Å². The smallest absolute Gasteiger partial charge is 0.367 e. The second-order valence-electron chi connectivity index (χ2n) is 6.10. The molecule has 26 heavy (non-hydrogen) atoms. The number of anilines is 1. The number of nitrogens with zero attached hydrogens (tertiary/aromatic N) is 4. The van der Waals surface area contributed by atoms with Crippen molar-refractivity contribution in [2.24, 2.45) is 0 Å². The minimum absolute atomic E-state index is 0.0268. The van der Waals surface area contributed by atoms with E-state index in [2.05, 4.69) is 36.3 Å². The highest BCUT2D eigenvalue weighted by Gasteiger charge is 2.35. The van der Waals surface area contributed by atoms with E-state index in [9.17, 15) is 22.0 Å². The van der Waals surface area contributed by atoms with Crippen LogP contribution in [-0.2, 0) is 11.5 Å². The second-order valence-corrected chi connectivity index (χ2v) is 6.66. The van der Waals surface area contributed by atoms with Gasteiger partial charge in [-0.1, -0.05) is 15.9 Å². The second kappa shape index (κ2) is 7.09. The zero-order chi connectivity index (χ0) is 18.9. The quantitative estimate of drug-likeness (QED) is 0.560. The molecule has 0 aromatic carbocycles. The van der Waals surface area contributed by atoms with Gasteiger partial charge < -0.3 is 5.32 Å². The molecule has 2 aromatic heterocycles. The Bertz CT molecular complexity index is 766. The fourth-order valence-electron chi connectivity index (χ4n) is 2.71. The van der Waals surface area contributed by atoms with Crippen LogP contribution in [0.2, 0.25) is 0 Å². The molecule has 0 saturated heterocycles. The summed E-state index contributed by atoms with van der Waals surface area (Å²) in [7, 11) is 0. The molecule has 2 heterocycles. The highest BCUT2D eigenvalue weighted by atomic mass is 79.9. The van der Waals surface area contributed by atoms with Gasteiger partial charge in [0.25, 0.3) is 5.95 Å². The lowest BCUT2D eigenvalue weighted by atomic mass is 9.92. The van der Waals surface area contributed by atoms with Gasteiger partial charge in [0.05, 0.1) is 5.69 Å². The Balaban J connectivity index is 1.82. The first kappa shape index (κ1) is 19.0. The van der Waals surface area contributed by atoms with Gasteiger partial charge >= 0.3 is 6.18 Å². The Hall–Kier alpha value is -1.78. The van der Waals surface area contributed by atoms with E-state index >= 15 is 0 Å². The maximum atomic E-state index is 13.3. The predicted molar refractivity (Wildman–Crippen MR) is 87.6 cm³/mol. The number of halogens is 6. The lowest BCUT2D eigenvalue weighted by Crippen LogP contribution is -2.32. The maximum absolute atomic E-state index is 13.3. The molecule has 1 saturated carbocycles. The van der Waals surface area contributed by atoms with Gasteiger partial charge in [0, 0.05) is 36.5 Å². The number of hydrogen-bond acceptors (Lipinski definition) is 4. The summed E-state index contributed by atoms with van der Waals surface area (Å²) in [5.74, 6) is -2.30. The molecule has 1 fully saturated rings. The molecule has 1 aliphatic carbocycles. The van der Waals surface area contributed by atoms with Crippen LogP contribution in [0.25, 0.3) is 5.95 Å². The number of alkyl halides is 6. The maximum Gasteiger partial charge on any atom is 0.435 e. The van der Waals surface area contributed by atoms with Crippen LogP contribution in [-0.4, -0.2) is 31.7 Å². The van der Waals surface area contributed by atoms with Crippen molar-refractivity contribution < 1.29 is 22.0 Å². The van der Waals surface area contributed by atoms with E-state index in [1.165, 1.54) is 0 Å². The fraction of sp³-hybridized carbons (Fsp3) is 0.533. The number of rotatable bonds is 4. The van der Waals surface area contributed by atoms with E-state index in [1.54, 1.807) is 6.07 Å². The third-order valence-corrected chi connectivity index (χ3v) is 4.63. The van der Waals surface area contributed by atoms with E-state index in [-0.39, 0.29) is 37.7 Å². The van der Waals surface area contributed by atoms with Gasteiger partial charge in [-0.15, -0.1) is 0 Å². The molecule has 0 atom stereocenters. The van der Waals surface area contributed by atoms with Crippen LogP contribution in [0.15, 0.2) is 18.3 Å². The molecule has 0 radical (unpaired) electrons. The number of hydrogen-bond donors (Lipinski definition) is 1. The van der Waals surface area contributed by atoms with Crippen molar-refractivity contribution in [3.05, 3.63) is 29.7 Å². The van der Waals surface area contributed by atoms with Crippen LogP contribution in [0.3, 0.4) is 0 Å². The molecular weight excluding hydrogens is 425 g/mol. The highest BCUT2D eigenvalue weighted by Crippen LogP contribution is 2.34. The Morgan fingerprint density at radius 1 is 1.23 bits per heavy atom. The molecule has 142 valence electrons. The Morgan fingerprint density at radius 3 is 2.50 bits per heavy atom. The van der Waals surface area contributed by atoms with Crippen molar-refractivity contribution in [1.29, 1.82) is 0 Å². The first-order valence-corrected chi connectivity index (χ1v) is 9.00. The summed E-state index contributed by atoms with van der Waals surface area (Å²) in [6, 6.07) is 2.28. The van der Waals surface area contributed by atoms with Crippen LogP contribution in [0.4, 0.5) is 27.8 Å². The minimum Gasteiger partial charge on any atom is -0.367 e. The normalized spacial score (nSPS) is 18.1. The molecule has 0 bridgehead atoms. The molecule has 0 spiro atoms. The largest absolute Gasteiger partial charge is 0.435 e. The van der Waals surface area contributed by atoms with Crippen molar-refractivity contribution >= 4 is 21.7 Å². The fourth-order valence-corrected chi connectivity index (χ4v) is 3.00. The van der Waals surface area contributed by atoms with Gasteiger partial charge in [-0.2, -0.15) is 23.3 Å². The monoisotopic (exact) mass is 439 g/mol. The molecule has 1 N–H and O–H groups in total. The summed E-state index contributed by atoms with van der Waals surface area (Å²) >= 11 is 3.25. The third-order valence-electron chi connectivity index (χ3n) is 4.06. The molecule has 2 aromatic rings. The predicted octanol–water partition coefficient (Wildman–Crippen LogP) is 4.57. The SMILES string of the molecule is FC1(F)CCC(Nc2cc(CBr)nc(-n3ccc(C(F)(F)F)n3)n2)CC1. The zero-order valence-corrected chi connectivity index (χ0v) is 15.0. The number of nitrogens with one attached hydrogen (secondary N) is 1. The van der Waals surface area contributed by atoms with E-state index < -0.39 is 17.8 Å². The minimum atomic E-state index is -4.56. The van der Waals surface area contributed by atoms with Crippen molar-refractivity contribution in [3.8, 4) is 5.95 Å². The van der Waals surface area contributed by atoms with Gasteiger partial charge in [-0.3, -0.25) is 0 Å². The molecule has 0 unspecified atom stereocenters. The van der Waals surface area contributed by atoms with Gasteiger partial charge in [-0.25, -0.2) is 18.4 Å². The summed E-state index contributed by atoms with van der Waals surface area (Å²) in [6.07, 6.45) is -3.27. The van der Waals surface area contributed by atoms with Gasteiger partial charge in [0.15, 0.2) is 5.69 Å². The Labute approximate surface area is 154 Å². The van der Waals surface area contributed by atoms with Gasteiger partial charge in [0.1, 0.15) is 5.82 Å². The summed E-state index contributed by atoms with van der Waals surface area (Å²) in [5.41, 5.74) is -0.517. The molecule has 5 nitrogen and oxygen atoms in total. The summed E-state index contributed by atoms with van der Waals surface area (Å²) in [5, 5.41) is 6.88. The van der Waals surface area contributed by atoms with Crippen molar-refractivity contribution in [3.63, 3.8) is 0 Å². The van der Waals surface area contributed by atoms with Gasteiger partial charge in [0.2, 0.25) is 5.92 Å². The summed E-state index contributed by atoms with van der Waals surface area (Å²) in [6.45, 7) is 0. The van der Waals surface area contributed by atoms with E-state index in [0.717, 1.165) is 16.9 Å². The standard InChI is InChI=1S/C15H15BrF5N5/c16-8-10-7-12(22-9-1-4-14(17,18)5-2-9)24-13(23-10)26-6-3-11(25-26)15(19,20)21/h3,6-7,9H,1-2,4-5,8H2,(H,22,23,24). The van der Waals surface area contributed by atoms with Crippen LogP contribution >= 0.6 is 15.9 Å². The Kier molecular flexibility index (Phi) is 5.18. The molecule has 3 rings (SSSR count). The average Bonchev–Trinajstić information content (AvgIpc) is 3.07. The molecule has 11 heteroatoms. The van der Waals surface area contributed by atoms with Crippen molar-refractivity contribution in [2.75, 3.05) is 5.32 Å². The highest BCUT2D eigenvalue weighted by molar-refractivity contribution is 9.08. The van der Waals surface area contributed by atoms with Crippen LogP contribution < -0.4 is 5.32 Å². The molecular formula is C15H15BrF5N5. The van der Waals surface area contributed by atoms with Gasteiger partial charge in [-0.05, 0) is 18.9 Å². The van der Waals surface area contributed by atoms with Crippen molar-refractivity contribution in [1.82, 2.24) is 19.7 Å². The first-order chi connectivity index (χ1) is 12.2. The lowest BCUT2D eigenvalue weighted by Gasteiger charge is -2.29. The summed E-state index contributed by atoms with van der Waals surface area (Å²) in [4.78, 5) is 8.33. The van der Waals surface area contributed by atoms with Crippen molar-refractivity contribution in [2.45, 2.75) is 49.2 Å². The Morgan fingerprint density at radius 2 is 1.92 bits per heavy atom. The zero-order valence-electron chi connectivity index (χ0n) is 13.4. The first-order valence-electron chi connectivity index (χ1n) is 7.88. The third kappa shape index (κ3) is 4.49. The van der Waals surface area contributed by atoms with E-state index in [0.29, 0.717) is 16.8 Å². The molecule has 0 amide bonds. The topological polar surface area (TPSA) is 55.6 Å². The van der Waals surface area contributed by atoms with Crippen LogP contribution in [0, 0.1) is 0 Å². The average molecular weight is 440 g/mol.